The van der Waals surface area contributed by atoms with Gasteiger partial charge in [-0.3, -0.25) is 0 Å². The van der Waals surface area contributed by atoms with Crippen molar-refractivity contribution in [1.29, 1.82) is 0 Å². The summed E-state index contributed by atoms with van der Waals surface area (Å²) in [4.78, 5) is 11.7. The molecule has 1 aromatic carbocycles. The molecule has 6 heteroatoms. The van der Waals surface area contributed by atoms with E-state index in [1.165, 1.54) is 0 Å². The number of carbonyl (C=O) groups is 1. The summed E-state index contributed by atoms with van der Waals surface area (Å²) in [6, 6.07) is 7.37. The second-order valence-corrected chi connectivity index (χ2v) is 4.61. The average molecular weight is 310 g/mol. The second-order valence-electron chi connectivity index (χ2n) is 4.61. The molecule has 2 N–H and O–H groups in total. The Balaban J connectivity index is 2.16. The summed E-state index contributed by atoms with van der Waals surface area (Å²) in [6.45, 7) is 8.08. The Bertz CT molecular complexity index is 434. The van der Waals surface area contributed by atoms with E-state index >= 15 is 0 Å². The molecular weight excluding hydrogens is 284 g/mol. The van der Waals surface area contributed by atoms with Crippen LogP contribution in [0.1, 0.15) is 19.4 Å². The molecule has 0 radical (unpaired) electrons. The van der Waals surface area contributed by atoms with Crippen LogP contribution in [0.3, 0.4) is 0 Å². The lowest BCUT2D eigenvalue weighted by molar-refractivity contribution is -0.166. The van der Waals surface area contributed by atoms with Crippen LogP contribution in [-0.4, -0.2) is 45.3 Å². The van der Waals surface area contributed by atoms with Crippen molar-refractivity contribution in [2.24, 2.45) is 0 Å². The number of nitrogens with one attached hydrogen (secondary N) is 2. The summed E-state index contributed by atoms with van der Waals surface area (Å²) in [5, 5.41) is 5.53. The summed E-state index contributed by atoms with van der Waals surface area (Å²) in [5.41, 5.74) is 1.82. The first-order valence-corrected chi connectivity index (χ1v) is 7.58. The first-order valence-electron chi connectivity index (χ1n) is 7.58. The zero-order valence-corrected chi connectivity index (χ0v) is 13.6. The Hall–Kier alpha value is -1.63. The molecule has 0 aliphatic rings. The molecule has 1 aromatic rings. The van der Waals surface area contributed by atoms with Crippen LogP contribution in [0.15, 0.2) is 24.3 Å². The molecule has 0 bridgehead atoms. The normalized spacial score (nSPS) is 10.7. The number of aryl methyl sites for hydroxylation is 1. The maximum atomic E-state index is 11.7. The van der Waals surface area contributed by atoms with E-state index in [9.17, 15) is 4.79 Å². The third-order valence-electron chi connectivity index (χ3n) is 2.88. The number of hydrogen-bond acceptors (Lipinski definition) is 4. The van der Waals surface area contributed by atoms with Crippen molar-refractivity contribution >= 4 is 11.7 Å². The minimum absolute atomic E-state index is 0.246. The molecule has 124 valence electrons. The van der Waals surface area contributed by atoms with Gasteiger partial charge in [-0.05, 0) is 32.4 Å². The van der Waals surface area contributed by atoms with E-state index in [0.717, 1.165) is 11.3 Å². The molecule has 0 atom stereocenters. The Labute approximate surface area is 132 Å². The molecule has 0 heterocycles. The predicted octanol–water partition coefficient (Wildman–Crippen LogP) is 2.53. The average Bonchev–Trinajstić information content (AvgIpc) is 2.49. The summed E-state index contributed by atoms with van der Waals surface area (Å²) < 4.78 is 16.1. The quantitative estimate of drug-likeness (QED) is 0.515. The lowest BCUT2D eigenvalue weighted by Crippen LogP contribution is -2.33. The number of para-hydroxylation sites is 1. The van der Waals surface area contributed by atoms with E-state index in [1.54, 1.807) is 0 Å². The number of urea groups is 1. The minimum atomic E-state index is -0.351. The van der Waals surface area contributed by atoms with Crippen LogP contribution in [0.5, 0.6) is 0 Å². The van der Waals surface area contributed by atoms with Crippen molar-refractivity contribution < 1.29 is 19.0 Å². The molecule has 6 nitrogen and oxygen atoms in total. The Morgan fingerprint density at radius 2 is 1.86 bits per heavy atom. The molecule has 0 unspecified atom stereocenters. The fraction of sp³-hybridized carbons (Fsp3) is 0.562. The molecular formula is C16H26N2O4. The highest BCUT2D eigenvalue weighted by molar-refractivity contribution is 5.89. The number of carbonyl (C=O) groups excluding carboxylic acids is 1. The van der Waals surface area contributed by atoms with Crippen LogP contribution in [0.2, 0.25) is 0 Å². The summed E-state index contributed by atoms with van der Waals surface area (Å²) in [7, 11) is 0. The maximum Gasteiger partial charge on any atom is 0.319 e. The van der Waals surface area contributed by atoms with Gasteiger partial charge in [0.2, 0.25) is 0 Å². The number of amides is 2. The van der Waals surface area contributed by atoms with Gasteiger partial charge in [0.05, 0.1) is 13.2 Å². The molecule has 0 aliphatic carbocycles. The molecule has 0 saturated carbocycles. The number of benzene rings is 1. The van der Waals surface area contributed by atoms with Crippen molar-refractivity contribution in [1.82, 2.24) is 5.32 Å². The van der Waals surface area contributed by atoms with Crippen molar-refractivity contribution in [3.8, 4) is 0 Å². The predicted molar refractivity (Wildman–Crippen MR) is 86.1 cm³/mol. The lowest BCUT2D eigenvalue weighted by atomic mass is 10.2. The summed E-state index contributed by atoms with van der Waals surface area (Å²) in [5.74, 6) is 0. The molecule has 0 aliphatic heterocycles. The number of ether oxygens (including phenoxy) is 3. The van der Waals surface area contributed by atoms with E-state index in [2.05, 4.69) is 10.6 Å². The van der Waals surface area contributed by atoms with Gasteiger partial charge in [-0.25, -0.2) is 4.79 Å². The van der Waals surface area contributed by atoms with E-state index in [1.807, 2.05) is 45.0 Å². The lowest BCUT2D eigenvalue weighted by Gasteiger charge is -2.17. The van der Waals surface area contributed by atoms with Crippen molar-refractivity contribution in [2.45, 2.75) is 27.1 Å². The van der Waals surface area contributed by atoms with Gasteiger partial charge in [-0.2, -0.15) is 0 Å². The van der Waals surface area contributed by atoms with E-state index in [4.69, 9.17) is 14.2 Å². The Morgan fingerprint density at radius 3 is 2.50 bits per heavy atom. The number of hydrogen-bond donors (Lipinski definition) is 2. The SMILES string of the molecule is CCOC(COCCNC(=O)Nc1ccccc1C)OCC. The molecule has 0 saturated heterocycles. The Morgan fingerprint density at radius 1 is 1.18 bits per heavy atom. The highest BCUT2D eigenvalue weighted by Gasteiger charge is 2.08. The zero-order chi connectivity index (χ0) is 16.2. The molecule has 0 fully saturated rings. The van der Waals surface area contributed by atoms with Gasteiger partial charge in [-0.1, -0.05) is 18.2 Å². The van der Waals surface area contributed by atoms with Crippen LogP contribution < -0.4 is 10.6 Å². The van der Waals surface area contributed by atoms with Gasteiger partial charge in [0.25, 0.3) is 0 Å². The smallest absolute Gasteiger partial charge is 0.319 e. The molecule has 0 spiro atoms. The third kappa shape index (κ3) is 7.40. The van der Waals surface area contributed by atoms with Crippen LogP contribution in [0.25, 0.3) is 0 Å². The fourth-order valence-corrected chi connectivity index (χ4v) is 1.81. The third-order valence-corrected chi connectivity index (χ3v) is 2.88. The molecule has 2 amide bonds. The molecule has 0 aromatic heterocycles. The van der Waals surface area contributed by atoms with Crippen LogP contribution in [0.4, 0.5) is 10.5 Å². The second kappa shape index (κ2) is 11.0. The fourth-order valence-electron chi connectivity index (χ4n) is 1.81. The standard InChI is InChI=1S/C16H26N2O4/c1-4-21-15(22-5-2)12-20-11-10-17-16(19)18-14-9-7-6-8-13(14)3/h6-9,15H,4-5,10-12H2,1-3H3,(H2,17,18,19). The van der Waals surface area contributed by atoms with Gasteiger partial charge in [0.1, 0.15) is 0 Å². The minimum Gasteiger partial charge on any atom is -0.374 e. The number of rotatable bonds is 10. The first-order chi connectivity index (χ1) is 10.7. The van der Waals surface area contributed by atoms with E-state index in [-0.39, 0.29) is 12.3 Å². The summed E-state index contributed by atoms with van der Waals surface area (Å²) in [6.07, 6.45) is -0.351. The highest BCUT2D eigenvalue weighted by Crippen LogP contribution is 2.12. The maximum absolute atomic E-state index is 11.7. The van der Waals surface area contributed by atoms with Crippen molar-refractivity contribution in [2.75, 3.05) is 38.3 Å². The van der Waals surface area contributed by atoms with Gasteiger partial charge in [0, 0.05) is 25.4 Å². The monoisotopic (exact) mass is 310 g/mol. The van der Waals surface area contributed by atoms with Crippen molar-refractivity contribution in [3.63, 3.8) is 0 Å². The molecule has 1 rings (SSSR count). The first kappa shape index (κ1) is 18.4. The van der Waals surface area contributed by atoms with Crippen LogP contribution in [0, 0.1) is 6.92 Å². The van der Waals surface area contributed by atoms with Gasteiger partial charge in [-0.15, -0.1) is 0 Å². The van der Waals surface area contributed by atoms with Gasteiger partial charge < -0.3 is 24.8 Å². The largest absolute Gasteiger partial charge is 0.374 e. The topological polar surface area (TPSA) is 68.8 Å². The zero-order valence-electron chi connectivity index (χ0n) is 13.6. The molecule has 22 heavy (non-hydrogen) atoms. The van der Waals surface area contributed by atoms with Gasteiger partial charge in [0.15, 0.2) is 6.29 Å². The van der Waals surface area contributed by atoms with E-state index in [0.29, 0.717) is 33.0 Å². The van der Waals surface area contributed by atoms with E-state index < -0.39 is 0 Å². The van der Waals surface area contributed by atoms with Gasteiger partial charge >= 0.3 is 6.03 Å². The summed E-state index contributed by atoms with van der Waals surface area (Å²) >= 11 is 0. The van der Waals surface area contributed by atoms with Crippen LogP contribution in [-0.2, 0) is 14.2 Å². The highest BCUT2D eigenvalue weighted by atomic mass is 16.7. The van der Waals surface area contributed by atoms with Crippen molar-refractivity contribution in [3.05, 3.63) is 29.8 Å². The Kier molecular flexibility index (Phi) is 9.21. The van der Waals surface area contributed by atoms with Crippen LogP contribution >= 0.6 is 0 Å². The number of anilines is 1.